The van der Waals surface area contributed by atoms with Gasteiger partial charge in [-0.15, -0.1) is 0 Å². The van der Waals surface area contributed by atoms with Crippen LogP contribution < -0.4 is 0 Å². The number of aliphatic carboxylic acids is 1. The number of β-amino-alcohol motifs (C(OH)–C–C–N with tert-alkyl or cyclic N) is 1. The molecular weight excluding hydrogens is 317 g/mol. The highest BCUT2D eigenvalue weighted by atomic mass is 35.5. The first-order valence-corrected chi connectivity index (χ1v) is 6.98. The number of halogens is 2. The van der Waals surface area contributed by atoms with Gasteiger partial charge in [0.2, 0.25) is 5.91 Å². The first kappa shape index (κ1) is 15.8. The fourth-order valence-electron chi connectivity index (χ4n) is 2.23. The molecule has 2 N–H and O–H groups in total. The van der Waals surface area contributed by atoms with Crippen LogP contribution in [0.1, 0.15) is 12.0 Å². The zero-order valence-electron chi connectivity index (χ0n) is 10.9. The number of carbonyl (C=O) groups excluding carboxylic acids is 1. The number of aliphatic hydroxyl groups excluding tert-OH is 1. The van der Waals surface area contributed by atoms with Crippen molar-refractivity contribution in [3.8, 4) is 0 Å². The molecular formula is C14H13Cl2NO4. The average Bonchev–Trinajstić information content (AvgIpc) is 2.77. The molecule has 2 rings (SSSR count). The van der Waals surface area contributed by atoms with Crippen LogP contribution in [0.5, 0.6) is 0 Å². The Morgan fingerprint density at radius 1 is 1.24 bits per heavy atom. The van der Waals surface area contributed by atoms with Crippen LogP contribution in [0.2, 0.25) is 10.0 Å². The van der Waals surface area contributed by atoms with Crippen LogP contribution in [-0.4, -0.2) is 45.7 Å². The minimum absolute atomic E-state index is 0.0104. The smallest absolute Gasteiger partial charge is 0.326 e. The Morgan fingerprint density at radius 2 is 1.86 bits per heavy atom. The molecule has 1 fully saturated rings. The van der Waals surface area contributed by atoms with E-state index in [0.29, 0.717) is 15.6 Å². The molecule has 0 aromatic heterocycles. The van der Waals surface area contributed by atoms with Gasteiger partial charge < -0.3 is 15.1 Å². The van der Waals surface area contributed by atoms with Crippen molar-refractivity contribution in [2.45, 2.75) is 18.6 Å². The third-order valence-corrected chi connectivity index (χ3v) is 3.59. The maximum Gasteiger partial charge on any atom is 0.326 e. The van der Waals surface area contributed by atoms with Gasteiger partial charge in [-0.1, -0.05) is 23.2 Å². The number of benzene rings is 1. The lowest BCUT2D eigenvalue weighted by Gasteiger charge is -2.19. The number of carbonyl (C=O) groups is 2. The number of carboxylic acids is 1. The normalized spacial score (nSPS) is 22.0. The number of amides is 1. The molecule has 1 aliphatic heterocycles. The molecule has 0 spiro atoms. The molecule has 1 aromatic carbocycles. The fourth-order valence-corrected chi connectivity index (χ4v) is 2.77. The van der Waals surface area contributed by atoms with Crippen LogP contribution in [0.3, 0.4) is 0 Å². The van der Waals surface area contributed by atoms with Gasteiger partial charge in [0.15, 0.2) is 0 Å². The highest BCUT2D eigenvalue weighted by molar-refractivity contribution is 6.34. The van der Waals surface area contributed by atoms with Gasteiger partial charge in [0.1, 0.15) is 6.04 Å². The number of carboxylic acid groups (broad SMARTS) is 1. The summed E-state index contributed by atoms with van der Waals surface area (Å²) < 4.78 is 0. The molecule has 1 saturated heterocycles. The predicted molar refractivity (Wildman–Crippen MR) is 79.3 cm³/mol. The van der Waals surface area contributed by atoms with E-state index in [9.17, 15) is 14.7 Å². The summed E-state index contributed by atoms with van der Waals surface area (Å²) in [7, 11) is 0. The van der Waals surface area contributed by atoms with Crippen molar-refractivity contribution < 1.29 is 19.8 Å². The second kappa shape index (κ2) is 6.47. The highest BCUT2D eigenvalue weighted by Gasteiger charge is 2.37. The van der Waals surface area contributed by atoms with E-state index in [1.165, 1.54) is 12.2 Å². The Bertz CT molecular complexity index is 582. The van der Waals surface area contributed by atoms with Gasteiger partial charge in [0.05, 0.1) is 6.10 Å². The van der Waals surface area contributed by atoms with E-state index in [4.69, 9.17) is 28.3 Å². The minimum atomic E-state index is -1.13. The van der Waals surface area contributed by atoms with Crippen molar-refractivity contribution in [2.24, 2.45) is 0 Å². The highest BCUT2D eigenvalue weighted by Crippen LogP contribution is 2.21. The van der Waals surface area contributed by atoms with Gasteiger partial charge in [-0.25, -0.2) is 4.79 Å². The maximum atomic E-state index is 12.0. The molecule has 21 heavy (non-hydrogen) atoms. The Hall–Kier alpha value is -1.56. The number of hydrogen-bond donors (Lipinski definition) is 2. The zero-order valence-corrected chi connectivity index (χ0v) is 12.4. The minimum Gasteiger partial charge on any atom is -0.480 e. The molecule has 5 nitrogen and oxygen atoms in total. The summed E-state index contributed by atoms with van der Waals surface area (Å²) in [6, 6.07) is 3.83. The van der Waals surface area contributed by atoms with E-state index < -0.39 is 24.0 Å². The number of aliphatic hydroxyl groups is 1. The monoisotopic (exact) mass is 329 g/mol. The van der Waals surface area contributed by atoms with Crippen molar-refractivity contribution in [3.05, 3.63) is 39.9 Å². The standard InChI is InChI=1S/C14H13Cl2NO4/c15-9-3-8(4-10(16)5-9)1-2-13(19)17-7-11(18)6-12(17)14(20)21/h1-5,11-12,18H,6-7H2,(H,20,21)/t11-,12-/m1/s1. The van der Waals surface area contributed by atoms with Crippen molar-refractivity contribution >= 4 is 41.2 Å². The van der Waals surface area contributed by atoms with Crippen LogP contribution in [0, 0.1) is 0 Å². The summed E-state index contributed by atoms with van der Waals surface area (Å²) >= 11 is 11.7. The average molecular weight is 330 g/mol. The summed E-state index contributed by atoms with van der Waals surface area (Å²) in [5, 5.41) is 19.4. The van der Waals surface area contributed by atoms with E-state index >= 15 is 0 Å². The summed E-state index contributed by atoms with van der Waals surface area (Å²) in [6.45, 7) is 0.0104. The molecule has 0 unspecified atom stereocenters. The Kier molecular flexibility index (Phi) is 4.88. The molecule has 112 valence electrons. The summed E-state index contributed by atoms with van der Waals surface area (Å²) in [6.07, 6.45) is 1.97. The van der Waals surface area contributed by atoms with E-state index in [1.54, 1.807) is 18.2 Å². The molecule has 0 radical (unpaired) electrons. The summed E-state index contributed by atoms with van der Waals surface area (Å²) in [5.74, 6) is -1.60. The first-order valence-electron chi connectivity index (χ1n) is 6.22. The van der Waals surface area contributed by atoms with Gasteiger partial charge in [-0.3, -0.25) is 4.79 Å². The molecule has 2 atom stereocenters. The molecule has 7 heteroatoms. The largest absolute Gasteiger partial charge is 0.480 e. The number of hydrogen-bond acceptors (Lipinski definition) is 3. The summed E-state index contributed by atoms with van der Waals surface area (Å²) in [4.78, 5) is 24.2. The molecule has 0 aliphatic carbocycles. The first-order chi connectivity index (χ1) is 9.86. The molecule has 1 amide bonds. The lowest BCUT2D eigenvalue weighted by Crippen LogP contribution is -2.39. The van der Waals surface area contributed by atoms with Gasteiger partial charge in [-0.2, -0.15) is 0 Å². The SMILES string of the molecule is O=C(O)[C@H]1C[C@@H](O)CN1C(=O)C=Cc1cc(Cl)cc(Cl)c1. The molecule has 1 heterocycles. The van der Waals surface area contributed by atoms with Crippen LogP contribution in [0.25, 0.3) is 6.08 Å². The maximum absolute atomic E-state index is 12.0. The Morgan fingerprint density at radius 3 is 2.43 bits per heavy atom. The lowest BCUT2D eigenvalue weighted by molar-refractivity contribution is -0.146. The number of rotatable bonds is 3. The predicted octanol–water partition coefficient (Wildman–Crippen LogP) is 2.05. The fraction of sp³-hybridized carbons (Fsp3) is 0.286. The van der Waals surface area contributed by atoms with E-state index in [2.05, 4.69) is 0 Å². The third kappa shape index (κ3) is 3.97. The van der Waals surface area contributed by atoms with E-state index in [1.807, 2.05) is 0 Å². The van der Waals surface area contributed by atoms with Gasteiger partial charge in [-0.05, 0) is 29.8 Å². The summed E-state index contributed by atoms with van der Waals surface area (Å²) in [5.41, 5.74) is 0.632. The van der Waals surface area contributed by atoms with Crippen LogP contribution in [0.15, 0.2) is 24.3 Å². The van der Waals surface area contributed by atoms with Crippen molar-refractivity contribution in [1.29, 1.82) is 0 Å². The molecule has 1 aromatic rings. The van der Waals surface area contributed by atoms with E-state index in [0.717, 1.165) is 4.90 Å². The van der Waals surface area contributed by atoms with Crippen LogP contribution >= 0.6 is 23.2 Å². The number of likely N-dealkylation sites (tertiary alicyclic amines) is 1. The van der Waals surface area contributed by atoms with Crippen molar-refractivity contribution in [1.82, 2.24) is 4.90 Å². The van der Waals surface area contributed by atoms with E-state index in [-0.39, 0.29) is 13.0 Å². The lowest BCUT2D eigenvalue weighted by atomic mass is 10.2. The zero-order chi connectivity index (χ0) is 15.6. The quantitative estimate of drug-likeness (QED) is 0.832. The molecule has 1 aliphatic rings. The second-order valence-electron chi connectivity index (χ2n) is 4.77. The van der Waals surface area contributed by atoms with Gasteiger partial charge in [0.25, 0.3) is 0 Å². The second-order valence-corrected chi connectivity index (χ2v) is 5.64. The number of nitrogens with zero attached hydrogens (tertiary/aromatic N) is 1. The van der Waals surface area contributed by atoms with Crippen LogP contribution in [-0.2, 0) is 9.59 Å². The van der Waals surface area contributed by atoms with Crippen molar-refractivity contribution in [2.75, 3.05) is 6.54 Å². The van der Waals surface area contributed by atoms with Crippen molar-refractivity contribution in [3.63, 3.8) is 0 Å². The Balaban J connectivity index is 2.13. The van der Waals surface area contributed by atoms with Crippen LogP contribution in [0.4, 0.5) is 0 Å². The molecule has 0 saturated carbocycles. The van der Waals surface area contributed by atoms with Gasteiger partial charge in [0, 0.05) is 29.1 Å². The topological polar surface area (TPSA) is 77.8 Å². The van der Waals surface area contributed by atoms with Gasteiger partial charge >= 0.3 is 5.97 Å². The Labute approximate surface area is 131 Å². The third-order valence-electron chi connectivity index (χ3n) is 3.15. The molecule has 0 bridgehead atoms.